The van der Waals surface area contributed by atoms with Gasteiger partial charge in [0, 0.05) is 10.2 Å². The molecule has 0 bridgehead atoms. The number of aryl methyl sites for hydroxylation is 1. The molecule has 0 aliphatic carbocycles. The highest BCUT2D eigenvalue weighted by Gasteiger charge is 2.15. The Morgan fingerprint density at radius 2 is 2.04 bits per heavy atom. The number of aromatic nitrogens is 3. The summed E-state index contributed by atoms with van der Waals surface area (Å²) in [6, 6.07) is 11.0. The van der Waals surface area contributed by atoms with E-state index in [-0.39, 0.29) is 18.2 Å². The Bertz CT molecular complexity index is 927. The normalized spacial score (nSPS) is 12.0. The second-order valence-electron chi connectivity index (χ2n) is 5.78. The molecule has 26 heavy (non-hydrogen) atoms. The van der Waals surface area contributed by atoms with Crippen LogP contribution in [0.25, 0.3) is 0 Å². The molecule has 1 unspecified atom stereocenters. The molecule has 2 aromatic carbocycles. The first-order chi connectivity index (χ1) is 12.4. The maximum absolute atomic E-state index is 12.9. The van der Waals surface area contributed by atoms with Gasteiger partial charge in [0.2, 0.25) is 5.82 Å². The van der Waals surface area contributed by atoms with Crippen LogP contribution in [-0.4, -0.2) is 25.8 Å². The van der Waals surface area contributed by atoms with Crippen LogP contribution in [0, 0.1) is 12.7 Å². The lowest BCUT2D eigenvalue weighted by molar-refractivity contribution is 0.101. The first-order valence-electron chi connectivity index (χ1n) is 7.83. The molecule has 0 saturated carbocycles. The lowest BCUT2D eigenvalue weighted by atomic mass is 10.1. The smallest absolute Gasteiger partial charge is 0.295 e. The number of anilines is 1. The van der Waals surface area contributed by atoms with Gasteiger partial charge in [0.1, 0.15) is 12.1 Å². The van der Waals surface area contributed by atoms with Crippen LogP contribution in [0.1, 0.15) is 27.8 Å². The molecular formula is C18H16BrFN4O2. The van der Waals surface area contributed by atoms with Gasteiger partial charge in [0.25, 0.3) is 5.91 Å². The number of carbonyl (C=O) groups excluding carboxylic acids is 1. The predicted octanol–water partition coefficient (Wildman–Crippen LogP) is 3.47. The van der Waals surface area contributed by atoms with Gasteiger partial charge in [-0.1, -0.05) is 28.1 Å². The number of carbonyl (C=O) groups is 1. The maximum atomic E-state index is 12.9. The van der Waals surface area contributed by atoms with Gasteiger partial charge in [-0.3, -0.25) is 4.79 Å². The highest BCUT2D eigenvalue weighted by Crippen LogP contribution is 2.20. The molecule has 1 heterocycles. The van der Waals surface area contributed by atoms with E-state index in [0.29, 0.717) is 11.3 Å². The van der Waals surface area contributed by atoms with E-state index in [9.17, 15) is 14.3 Å². The molecule has 0 fully saturated rings. The van der Waals surface area contributed by atoms with Crippen LogP contribution < -0.4 is 5.32 Å². The van der Waals surface area contributed by atoms with Gasteiger partial charge < -0.3 is 10.4 Å². The number of nitrogens with one attached hydrogen (secondary N) is 1. The van der Waals surface area contributed by atoms with Gasteiger partial charge >= 0.3 is 0 Å². The van der Waals surface area contributed by atoms with Crippen molar-refractivity contribution in [3.8, 4) is 0 Å². The number of nitrogens with zero attached hydrogens (tertiary/aromatic N) is 3. The van der Waals surface area contributed by atoms with Crippen molar-refractivity contribution in [2.24, 2.45) is 0 Å². The van der Waals surface area contributed by atoms with Crippen LogP contribution in [0.2, 0.25) is 0 Å². The van der Waals surface area contributed by atoms with Crippen molar-refractivity contribution >= 4 is 27.5 Å². The van der Waals surface area contributed by atoms with Crippen LogP contribution in [0.3, 0.4) is 0 Å². The van der Waals surface area contributed by atoms with E-state index in [4.69, 9.17) is 0 Å². The zero-order valence-electron chi connectivity index (χ0n) is 13.9. The summed E-state index contributed by atoms with van der Waals surface area (Å²) in [5, 5.41) is 17.0. The van der Waals surface area contributed by atoms with Gasteiger partial charge in [-0.15, -0.1) is 5.10 Å². The van der Waals surface area contributed by atoms with Crippen molar-refractivity contribution in [1.29, 1.82) is 0 Å². The summed E-state index contributed by atoms with van der Waals surface area (Å²) < 4.78 is 15.3. The van der Waals surface area contributed by atoms with Crippen molar-refractivity contribution in [2.45, 2.75) is 19.6 Å². The molecule has 3 aromatic rings. The van der Waals surface area contributed by atoms with E-state index < -0.39 is 12.0 Å². The Morgan fingerprint density at radius 1 is 1.31 bits per heavy atom. The fourth-order valence-corrected chi connectivity index (χ4v) is 2.61. The predicted molar refractivity (Wildman–Crippen MR) is 98.2 cm³/mol. The lowest BCUT2D eigenvalue weighted by Crippen LogP contribution is -2.15. The van der Waals surface area contributed by atoms with Crippen molar-refractivity contribution in [2.75, 3.05) is 5.32 Å². The molecule has 0 aliphatic heterocycles. The van der Waals surface area contributed by atoms with Crippen LogP contribution in [-0.2, 0) is 6.54 Å². The minimum absolute atomic E-state index is 0.00289. The van der Waals surface area contributed by atoms with E-state index in [1.165, 1.54) is 35.3 Å². The van der Waals surface area contributed by atoms with Gasteiger partial charge in [0.05, 0.1) is 12.6 Å². The lowest BCUT2D eigenvalue weighted by Gasteiger charge is -2.10. The number of aliphatic hydroxyl groups excluding tert-OH is 1. The monoisotopic (exact) mass is 418 g/mol. The number of rotatable bonds is 5. The molecule has 2 N–H and O–H groups in total. The van der Waals surface area contributed by atoms with Gasteiger partial charge in [-0.05, 0) is 48.4 Å². The summed E-state index contributed by atoms with van der Waals surface area (Å²) in [4.78, 5) is 16.2. The van der Waals surface area contributed by atoms with Crippen LogP contribution in [0.15, 0.2) is 53.3 Å². The SMILES string of the molecule is Cc1cc(NC(=O)c2ncn(CC(O)c3ccc(F)cc3)n2)ccc1Br. The van der Waals surface area contributed by atoms with Crippen molar-refractivity contribution in [3.05, 3.63) is 76.0 Å². The average molecular weight is 419 g/mol. The number of benzene rings is 2. The van der Waals surface area contributed by atoms with Crippen molar-refractivity contribution < 1.29 is 14.3 Å². The molecule has 134 valence electrons. The Balaban J connectivity index is 1.65. The van der Waals surface area contributed by atoms with Crippen LogP contribution in [0.5, 0.6) is 0 Å². The zero-order valence-corrected chi connectivity index (χ0v) is 15.4. The third-order valence-electron chi connectivity index (χ3n) is 3.77. The number of hydrogen-bond acceptors (Lipinski definition) is 4. The molecule has 1 aromatic heterocycles. The Morgan fingerprint density at radius 3 is 2.73 bits per heavy atom. The number of hydrogen-bond donors (Lipinski definition) is 2. The molecule has 3 rings (SSSR count). The fraction of sp³-hybridized carbons (Fsp3) is 0.167. The molecule has 1 atom stereocenters. The quantitative estimate of drug-likeness (QED) is 0.664. The van der Waals surface area contributed by atoms with Gasteiger partial charge in [0.15, 0.2) is 0 Å². The largest absolute Gasteiger partial charge is 0.386 e. The summed E-state index contributed by atoms with van der Waals surface area (Å²) in [5.41, 5.74) is 2.18. The second kappa shape index (κ2) is 7.76. The zero-order chi connectivity index (χ0) is 18.7. The summed E-state index contributed by atoms with van der Waals surface area (Å²) >= 11 is 3.40. The minimum Gasteiger partial charge on any atom is -0.386 e. The molecule has 6 nitrogen and oxygen atoms in total. The highest BCUT2D eigenvalue weighted by molar-refractivity contribution is 9.10. The van der Waals surface area contributed by atoms with Gasteiger partial charge in [-0.2, -0.15) is 0 Å². The van der Waals surface area contributed by atoms with Crippen molar-refractivity contribution in [3.63, 3.8) is 0 Å². The van der Waals surface area contributed by atoms with E-state index in [1.54, 1.807) is 6.07 Å². The van der Waals surface area contributed by atoms with E-state index in [0.717, 1.165) is 10.0 Å². The topological polar surface area (TPSA) is 80.0 Å². The molecule has 0 aliphatic rings. The molecular weight excluding hydrogens is 403 g/mol. The minimum atomic E-state index is -0.887. The van der Waals surface area contributed by atoms with E-state index in [2.05, 4.69) is 31.3 Å². The number of aliphatic hydroxyl groups is 1. The summed E-state index contributed by atoms with van der Waals surface area (Å²) in [5.74, 6) is -0.817. The Labute approximate surface area is 157 Å². The fourth-order valence-electron chi connectivity index (χ4n) is 2.36. The Hall–Kier alpha value is -2.58. The highest BCUT2D eigenvalue weighted by atomic mass is 79.9. The van der Waals surface area contributed by atoms with Crippen molar-refractivity contribution in [1.82, 2.24) is 14.8 Å². The molecule has 8 heteroatoms. The number of halogens is 2. The van der Waals surface area contributed by atoms with E-state index >= 15 is 0 Å². The molecule has 0 saturated heterocycles. The summed E-state index contributed by atoms with van der Waals surface area (Å²) in [7, 11) is 0. The van der Waals surface area contributed by atoms with Gasteiger partial charge in [-0.25, -0.2) is 14.1 Å². The molecule has 1 amide bonds. The second-order valence-corrected chi connectivity index (χ2v) is 6.63. The van der Waals surface area contributed by atoms with E-state index in [1.807, 2.05) is 19.1 Å². The summed E-state index contributed by atoms with van der Waals surface area (Å²) in [6.45, 7) is 2.02. The Kier molecular flexibility index (Phi) is 5.43. The third-order valence-corrected chi connectivity index (χ3v) is 4.66. The molecule has 0 spiro atoms. The maximum Gasteiger partial charge on any atom is 0.295 e. The van der Waals surface area contributed by atoms with Crippen LogP contribution in [0.4, 0.5) is 10.1 Å². The number of amides is 1. The first-order valence-corrected chi connectivity index (χ1v) is 8.62. The molecule has 0 radical (unpaired) electrons. The third kappa shape index (κ3) is 4.33. The summed E-state index contributed by atoms with van der Waals surface area (Å²) in [6.07, 6.45) is 0.483. The standard InChI is InChI=1S/C18H16BrFN4O2/c1-11-8-14(6-7-15(11)19)22-18(26)17-21-10-24(23-17)9-16(25)12-2-4-13(20)5-3-12/h2-8,10,16,25H,9H2,1H3,(H,22,26). The first kappa shape index (κ1) is 18.2. The average Bonchev–Trinajstić information content (AvgIpc) is 3.07. The van der Waals surface area contributed by atoms with Crippen LogP contribution >= 0.6 is 15.9 Å².